The van der Waals surface area contributed by atoms with Crippen molar-refractivity contribution in [3.05, 3.63) is 0 Å². The second-order valence-electron chi connectivity index (χ2n) is 6.01. The zero-order chi connectivity index (χ0) is 11.2. The topological polar surface area (TPSA) is 32.3 Å². The van der Waals surface area contributed by atoms with Crippen molar-refractivity contribution in [1.82, 2.24) is 10.2 Å². The van der Waals surface area contributed by atoms with Gasteiger partial charge in [-0.15, -0.1) is 0 Å². The molecule has 15 heavy (non-hydrogen) atoms. The summed E-state index contributed by atoms with van der Waals surface area (Å²) in [4.78, 5) is 13.8. The van der Waals surface area contributed by atoms with E-state index in [1.807, 2.05) is 4.90 Å². The molecule has 3 nitrogen and oxygen atoms in total. The Morgan fingerprint density at radius 1 is 1.53 bits per heavy atom. The molecule has 0 aromatic heterocycles. The predicted molar refractivity (Wildman–Crippen MR) is 60.2 cm³/mol. The molecule has 0 spiro atoms. The van der Waals surface area contributed by atoms with Gasteiger partial charge in [-0.05, 0) is 23.7 Å². The molecule has 3 heteroatoms. The van der Waals surface area contributed by atoms with Gasteiger partial charge in [-0.2, -0.15) is 0 Å². The van der Waals surface area contributed by atoms with E-state index < -0.39 is 0 Å². The third-order valence-corrected chi connectivity index (χ3v) is 3.88. The van der Waals surface area contributed by atoms with E-state index in [9.17, 15) is 4.79 Å². The molecule has 86 valence electrons. The first-order valence-electron chi connectivity index (χ1n) is 5.94. The largest absolute Gasteiger partial charge is 0.325 e. The number of rotatable bonds is 3. The lowest BCUT2D eigenvalue weighted by Crippen LogP contribution is -2.42. The molecule has 0 aromatic carbocycles. The minimum atomic E-state index is 0.258. The molecule has 0 bridgehead atoms. The summed E-state index contributed by atoms with van der Waals surface area (Å²) in [6, 6.07) is 0. The van der Waals surface area contributed by atoms with Crippen LogP contribution in [-0.4, -0.2) is 30.1 Å². The van der Waals surface area contributed by atoms with E-state index in [0.717, 1.165) is 6.54 Å². The lowest BCUT2D eigenvalue weighted by Gasteiger charge is -2.27. The van der Waals surface area contributed by atoms with Crippen LogP contribution >= 0.6 is 0 Å². The van der Waals surface area contributed by atoms with Crippen LogP contribution in [0, 0.1) is 17.3 Å². The molecule has 1 aliphatic carbocycles. The molecular weight excluding hydrogens is 188 g/mol. The van der Waals surface area contributed by atoms with Gasteiger partial charge >= 0.3 is 0 Å². The van der Waals surface area contributed by atoms with Gasteiger partial charge in [0.25, 0.3) is 0 Å². The standard InChI is InChI=1S/C12H22N2O/c1-8(2)11-13-6-10(15)14(11)7-9-5-12(9,3)4/h8-9,11,13H,5-7H2,1-4H3. The van der Waals surface area contributed by atoms with Crippen molar-refractivity contribution in [2.75, 3.05) is 13.1 Å². The van der Waals surface area contributed by atoms with Crippen LogP contribution in [0.3, 0.4) is 0 Å². The molecule has 1 N–H and O–H groups in total. The van der Waals surface area contributed by atoms with E-state index in [2.05, 4.69) is 33.0 Å². The van der Waals surface area contributed by atoms with Crippen LogP contribution < -0.4 is 5.32 Å². The highest BCUT2D eigenvalue weighted by Gasteiger charge is 2.48. The smallest absolute Gasteiger partial charge is 0.237 e. The second-order valence-corrected chi connectivity index (χ2v) is 6.01. The molecule has 2 unspecified atom stereocenters. The van der Waals surface area contributed by atoms with Crippen LogP contribution in [-0.2, 0) is 4.79 Å². The van der Waals surface area contributed by atoms with Gasteiger partial charge < -0.3 is 4.90 Å². The highest BCUT2D eigenvalue weighted by atomic mass is 16.2. The van der Waals surface area contributed by atoms with Crippen LogP contribution in [0.1, 0.15) is 34.1 Å². The molecule has 0 radical (unpaired) electrons. The number of amides is 1. The Hall–Kier alpha value is -0.570. The number of carbonyl (C=O) groups excluding carboxylic acids is 1. The van der Waals surface area contributed by atoms with Gasteiger partial charge in [-0.25, -0.2) is 0 Å². The average molecular weight is 210 g/mol. The van der Waals surface area contributed by atoms with E-state index in [-0.39, 0.29) is 12.1 Å². The normalized spacial score (nSPS) is 33.9. The van der Waals surface area contributed by atoms with E-state index in [1.165, 1.54) is 6.42 Å². The number of nitrogens with one attached hydrogen (secondary N) is 1. The van der Waals surface area contributed by atoms with Crippen LogP contribution in [0.4, 0.5) is 0 Å². The fourth-order valence-electron chi connectivity index (χ4n) is 2.49. The summed E-state index contributed by atoms with van der Waals surface area (Å²) in [6.07, 6.45) is 1.52. The van der Waals surface area contributed by atoms with Crippen molar-refractivity contribution < 1.29 is 4.79 Å². The highest BCUT2D eigenvalue weighted by molar-refractivity contribution is 5.80. The van der Waals surface area contributed by atoms with Crippen LogP contribution in [0.2, 0.25) is 0 Å². The number of nitrogens with zero attached hydrogens (tertiary/aromatic N) is 1. The summed E-state index contributed by atoms with van der Waals surface area (Å²) in [7, 11) is 0. The monoisotopic (exact) mass is 210 g/mol. The van der Waals surface area contributed by atoms with Crippen molar-refractivity contribution in [3.63, 3.8) is 0 Å². The highest BCUT2D eigenvalue weighted by Crippen LogP contribution is 2.52. The summed E-state index contributed by atoms with van der Waals surface area (Å²) < 4.78 is 0. The molecule has 1 saturated carbocycles. The maximum absolute atomic E-state index is 11.7. The van der Waals surface area contributed by atoms with Gasteiger partial charge in [0.1, 0.15) is 0 Å². The first-order chi connectivity index (χ1) is 6.92. The van der Waals surface area contributed by atoms with Gasteiger partial charge in [0.15, 0.2) is 0 Å². The Kier molecular flexibility index (Phi) is 2.53. The predicted octanol–water partition coefficient (Wildman–Crippen LogP) is 1.45. The maximum atomic E-state index is 11.7. The van der Waals surface area contributed by atoms with Crippen LogP contribution in [0.5, 0.6) is 0 Å². The van der Waals surface area contributed by atoms with Gasteiger partial charge in [-0.1, -0.05) is 27.7 Å². The molecule has 2 rings (SSSR count). The summed E-state index contributed by atoms with van der Waals surface area (Å²) in [5.74, 6) is 1.48. The quantitative estimate of drug-likeness (QED) is 0.764. The minimum Gasteiger partial charge on any atom is -0.325 e. The molecule has 2 fully saturated rings. The van der Waals surface area contributed by atoms with Crippen molar-refractivity contribution >= 4 is 5.91 Å². The molecular formula is C12H22N2O. The molecule has 1 amide bonds. The van der Waals surface area contributed by atoms with Crippen molar-refractivity contribution in [1.29, 1.82) is 0 Å². The molecule has 1 heterocycles. The SMILES string of the molecule is CC(C)C1NCC(=O)N1CC1CC1(C)C. The Labute approximate surface area is 92.2 Å². The van der Waals surface area contributed by atoms with Crippen molar-refractivity contribution in [2.24, 2.45) is 17.3 Å². The molecule has 0 aromatic rings. The Balaban J connectivity index is 1.97. The van der Waals surface area contributed by atoms with Gasteiger partial charge in [0, 0.05) is 6.54 Å². The molecule has 1 saturated heterocycles. The van der Waals surface area contributed by atoms with Crippen molar-refractivity contribution in [2.45, 2.75) is 40.3 Å². The van der Waals surface area contributed by atoms with E-state index in [1.54, 1.807) is 0 Å². The zero-order valence-electron chi connectivity index (χ0n) is 10.2. The lowest BCUT2D eigenvalue weighted by atomic mass is 10.1. The maximum Gasteiger partial charge on any atom is 0.237 e. The minimum absolute atomic E-state index is 0.258. The number of carbonyl (C=O) groups is 1. The van der Waals surface area contributed by atoms with E-state index in [4.69, 9.17) is 0 Å². The molecule has 1 aliphatic heterocycles. The fraction of sp³-hybridized carbons (Fsp3) is 0.917. The zero-order valence-corrected chi connectivity index (χ0v) is 10.2. The summed E-state index contributed by atoms with van der Waals surface area (Å²) in [5.41, 5.74) is 0.463. The molecule has 2 atom stereocenters. The van der Waals surface area contributed by atoms with Gasteiger partial charge in [-0.3, -0.25) is 10.1 Å². The summed E-state index contributed by atoms with van der Waals surface area (Å²) >= 11 is 0. The third-order valence-electron chi connectivity index (χ3n) is 3.88. The second kappa shape index (κ2) is 3.48. The van der Waals surface area contributed by atoms with Gasteiger partial charge in [0.2, 0.25) is 5.91 Å². The van der Waals surface area contributed by atoms with Crippen LogP contribution in [0.25, 0.3) is 0 Å². The fourth-order valence-corrected chi connectivity index (χ4v) is 2.49. The first kappa shape index (κ1) is 10.9. The van der Waals surface area contributed by atoms with Crippen LogP contribution in [0.15, 0.2) is 0 Å². The van der Waals surface area contributed by atoms with Crippen molar-refractivity contribution in [3.8, 4) is 0 Å². The number of hydrogen-bond donors (Lipinski definition) is 1. The first-order valence-corrected chi connectivity index (χ1v) is 5.94. The lowest BCUT2D eigenvalue weighted by molar-refractivity contribution is -0.128. The molecule has 2 aliphatic rings. The number of hydrogen-bond acceptors (Lipinski definition) is 2. The Morgan fingerprint density at radius 2 is 2.13 bits per heavy atom. The van der Waals surface area contributed by atoms with E-state index in [0.29, 0.717) is 23.8 Å². The average Bonchev–Trinajstić information content (AvgIpc) is 2.53. The Bertz CT molecular complexity index is 273. The summed E-state index contributed by atoms with van der Waals surface area (Å²) in [5, 5.41) is 3.29. The van der Waals surface area contributed by atoms with E-state index >= 15 is 0 Å². The third kappa shape index (κ3) is 2.03. The van der Waals surface area contributed by atoms with Gasteiger partial charge in [0.05, 0.1) is 12.7 Å². The Morgan fingerprint density at radius 3 is 2.60 bits per heavy atom. The summed E-state index contributed by atoms with van der Waals surface area (Å²) in [6.45, 7) is 10.4.